The van der Waals surface area contributed by atoms with Crippen LogP contribution in [0.3, 0.4) is 0 Å². The molecule has 1 atom stereocenters. The number of ether oxygens (including phenoxy) is 1. The highest BCUT2D eigenvalue weighted by molar-refractivity contribution is 5.90. The van der Waals surface area contributed by atoms with Crippen molar-refractivity contribution in [1.29, 1.82) is 0 Å². The van der Waals surface area contributed by atoms with Crippen molar-refractivity contribution in [2.75, 3.05) is 13.2 Å². The molecule has 0 spiro atoms. The molecule has 2 aromatic carbocycles. The molecule has 2 aliphatic heterocycles. The van der Waals surface area contributed by atoms with Crippen LogP contribution in [0.1, 0.15) is 50.2 Å². The van der Waals surface area contributed by atoms with Crippen molar-refractivity contribution in [1.82, 2.24) is 10.2 Å². The Hall–Kier alpha value is -3.35. The molecule has 2 heterocycles. The summed E-state index contributed by atoms with van der Waals surface area (Å²) in [6.45, 7) is 4.40. The van der Waals surface area contributed by atoms with Gasteiger partial charge in [0.1, 0.15) is 12.1 Å². The summed E-state index contributed by atoms with van der Waals surface area (Å²) < 4.78 is 5.55. The third-order valence-corrected chi connectivity index (χ3v) is 7.38. The smallest absolute Gasteiger partial charge is 0.407 e. The zero-order valence-electron chi connectivity index (χ0n) is 18.8. The quantitative estimate of drug-likeness (QED) is 0.701. The first-order valence-electron chi connectivity index (χ1n) is 11.4. The first-order valence-corrected chi connectivity index (χ1v) is 11.4. The minimum Gasteiger partial charge on any atom is -0.479 e. The van der Waals surface area contributed by atoms with E-state index in [0.717, 1.165) is 22.3 Å². The second-order valence-electron chi connectivity index (χ2n) is 10.1. The van der Waals surface area contributed by atoms with Gasteiger partial charge in [-0.25, -0.2) is 9.59 Å². The first-order chi connectivity index (χ1) is 15.7. The maximum Gasteiger partial charge on any atom is 0.407 e. The number of rotatable bonds is 6. The van der Waals surface area contributed by atoms with Gasteiger partial charge >= 0.3 is 12.1 Å². The van der Waals surface area contributed by atoms with E-state index in [0.29, 0.717) is 19.4 Å². The molecule has 3 fully saturated rings. The van der Waals surface area contributed by atoms with Crippen LogP contribution in [-0.4, -0.2) is 52.7 Å². The van der Waals surface area contributed by atoms with E-state index in [1.54, 1.807) is 6.92 Å². The number of carboxylic acid groups (broad SMARTS) is 1. The van der Waals surface area contributed by atoms with Gasteiger partial charge in [-0.2, -0.15) is 0 Å². The number of hydrogen-bond donors (Lipinski definition) is 2. The van der Waals surface area contributed by atoms with E-state index in [1.807, 2.05) is 31.2 Å². The molecule has 0 radical (unpaired) electrons. The van der Waals surface area contributed by atoms with Crippen molar-refractivity contribution in [2.24, 2.45) is 5.41 Å². The Morgan fingerprint density at radius 3 is 2.24 bits per heavy atom. The summed E-state index contributed by atoms with van der Waals surface area (Å²) in [4.78, 5) is 38.6. The Bertz CT molecular complexity index is 1090. The number of benzene rings is 2. The Kier molecular flexibility index (Phi) is 4.96. The predicted molar refractivity (Wildman–Crippen MR) is 122 cm³/mol. The molecule has 2 saturated heterocycles. The minimum absolute atomic E-state index is 0.0346. The number of nitrogens with one attached hydrogen (secondary N) is 1. The zero-order valence-corrected chi connectivity index (χ0v) is 18.8. The van der Waals surface area contributed by atoms with E-state index in [4.69, 9.17) is 4.74 Å². The lowest BCUT2D eigenvalue weighted by molar-refractivity contribution is -0.160. The van der Waals surface area contributed by atoms with Gasteiger partial charge in [-0.15, -0.1) is 0 Å². The lowest BCUT2D eigenvalue weighted by atomic mass is 9.63. The van der Waals surface area contributed by atoms with Gasteiger partial charge in [0, 0.05) is 24.9 Å². The Morgan fingerprint density at radius 2 is 1.67 bits per heavy atom. The maximum absolute atomic E-state index is 12.8. The van der Waals surface area contributed by atoms with Gasteiger partial charge in [0.05, 0.1) is 0 Å². The lowest BCUT2D eigenvalue weighted by Gasteiger charge is -2.42. The second-order valence-corrected chi connectivity index (χ2v) is 10.1. The number of amides is 2. The summed E-state index contributed by atoms with van der Waals surface area (Å²) in [6, 6.07) is 15.8. The normalized spacial score (nSPS) is 25.6. The Balaban J connectivity index is 1.18. The van der Waals surface area contributed by atoms with Crippen LogP contribution < -0.4 is 5.32 Å². The van der Waals surface area contributed by atoms with Gasteiger partial charge in [0.2, 0.25) is 5.91 Å². The van der Waals surface area contributed by atoms with E-state index in [9.17, 15) is 19.5 Å². The van der Waals surface area contributed by atoms with Crippen LogP contribution >= 0.6 is 0 Å². The summed E-state index contributed by atoms with van der Waals surface area (Å²) in [5.41, 5.74) is 3.40. The van der Waals surface area contributed by atoms with Crippen molar-refractivity contribution < 1.29 is 24.2 Å². The van der Waals surface area contributed by atoms with Crippen molar-refractivity contribution in [2.45, 2.75) is 50.6 Å². The molecule has 2 bridgehead atoms. The average Bonchev–Trinajstić information content (AvgIpc) is 3.36. The van der Waals surface area contributed by atoms with Crippen LogP contribution in [0.5, 0.6) is 0 Å². The van der Waals surface area contributed by atoms with Crippen molar-refractivity contribution in [3.05, 3.63) is 59.7 Å². The third kappa shape index (κ3) is 3.46. The molecule has 2 aliphatic carbocycles. The molecule has 2 amide bonds. The number of hydrogen-bond acceptors (Lipinski definition) is 4. The molecule has 4 aliphatic rings. The largest absolute Gasteiger partial charge is 0.479 e. The molecule has 0 aromatic heterocycles. The number of alkyl carbamates (subject to hydrolysis) is 1. The molecule has 7 nitrogen and oxygen atoms in total. The lowest BCUT2D eigenvalue weighted by Crippen LogP contribution is -2.56. The van der Waals surface area contributed by atoms with Crippen LogP contribution in [0, 0.1) is 5.41 Å². The van der Waals surface area contributed by atoms with E-state index < -0.39 is 23.6 Å². The molecule has 7 heteroatoms. The SMILES string of the molecule is CC(CC(=O)N1CC2(C)CC1(C(=O)O)C2)NC(=O)OCC1c2ccccc2-c2ccccc21. The number of nitrogens with zero attached hydrogens (tertiary/aromatic N) is 1. The Labute approximate surface area is 192 Å². The van der Waals surface area contributed by atoms with E-state index >= 15 is 0 Å². The molecule has 1 unspecified atom stereocenters. The molecule has 2 aromatic rings. The van der Waals surface area contributed by atoms with Gasteiger partial charge in [-0.05, 0) is 47.4 Å². The number of carboxylic acids is 1. The van der Waals surface area contributed by atoms with Crippen molar-refractivity contribution in [3.63, 3.8) is 0 Å². The third-order valence-electron chi connectivity index (χ3n) is 7.38. The van der Waals surface area contributed by atoms with Gasteiger partial charge in [0.15, 0.2) is 0 Å². The highest BCUT2D eigenvalue weighted by Crippen LogP contribution is 2.59. The fourth-order valence-electron chi connectivity index (χ4n) is 6.05. The maximum atomic E-state index is 12.8. The monoisotopic (exact) mass is 448 g/mol. The van der Waals surface area contributed by atoms with E-state index in [-0.39, 0.29) is 30.3 Å². The average molecular weight is 449 g/mol. The topological polar surface area (TPSA) is 95.9 Å². The second kappa shape index (κ2) is 7.61. The molecule has 172 valence electrons. The van der Waals surface area contributed by atoms with Crippen LogP contribution in [0.4, 0.5) is 4.79 Å². The van der Waals surface area contributed by atoms with Gasteiger partial charge < -0.3 is 20.1 Å². The number of fused-ring (bicyclic) bond motifs is 4. The first kappa shape index (κ1) is 21.5. The fraction of sp³-hybridized carbons (Fsp3) is 0.423. The summed E-state index contributed by atoms with van der Waals surface area (Å²) >= 11 is 0. The summed E-state index contributed by atoms with van der Waals surface area (Å²) in [5, 5.41) is 12.4. The highest BCUT2D eigenvalue weighted by Gasteiger charge is 2.68. The fourth-order valence-corrected chi connectivity index (χ4v) is 6.05. The molecule has 6 rings (SSSR count). The molecular weight excluding hydrogens is 420 g/mol. The molecule has 1 saturated carbocycles. The van der Waals surface area contributed by atoms with E-state index in [1.165, 1.54) is 4.90 Å². The van der Waals surface area contributed by atoms with Crippen LogP contribution in [0.2, 0.25) is 0 Å². The number of aliphatic carboxylic acids is 1. The van der Waals surface area contributed by atoms with Crippen LogP contribution in [-0.2, 0) is 14.3 Å². The summed E-state index contributed by atoms with van der Waals surface area (Å²) in [6.07, 6.45) is 0.447. The zero-order chi connectivity index (χ0) is 23.4. The van der Waals surface area contributed by atoms with Gasteiger partial charge in [0.25, 0.3) is 0 Å². The summed E-state index contributed by atoms with van der Waals surface area (Å²) in [7, 11) is 0. The highest BCUT2D eigenvalue weighted by atomic mass is 16.5. The molecule has 2 N–H and O–H groups in total. The predicted octanol–water partition coefficient (Wildman–Crippen LogP) is 3.77. The van der Waals surface area contributed by atoms with Crippen molar-refractivity contribution in [3.8, 4) is 11.1 Å². The van der Waals surface area contributed by atoms with Crippen LogP contribution in [0.25, 0.3) is 11.1 Å². The molecular formula is C26H28N2O5. The van der Waals surface area contributed by atoms with Gasteiger partial charge in [-0.3, -0.25) is 4.79 Å². The molecule has 33 heavy (non-hydrogen) atoms. The van der Waals surface area contributed by atoms with Crippen LogP contribution in [0.15, 0.2) is 48.5 Å². The van der Waals surface area contributed by atoms with Gasteiger partial charge in [-0.1, -0.05) is 55.5 Å². The number of carbonyl (C=O) groups excluding carboxylic acids is 2. The minimum atomic E-state index is -1.07. The van der Waals surface area contributed by atoms with Crippen molar-refractivity contribution >= 4 is 18.0 Å². The van der Waals surface area contributed by atoms with E-state index in [2.05, 4.69) is 29.6 Å². The Morgan fingerprint density at radius 1 is 1.09 bits per heavy atom. The number of carbonyl (C=O) groups is 3. The standard InChI is InChI=1S/C26H28N2O5/c1-16(11-22(29)28-15-25(2)13-26(28,14-25)23(30)31)27-24(32)33-12-21-19-9-5-3-7-17(19)18-8-4-6-10-20(18)21/h3-10,16,21H,11-15H2,1-2H3,(H,27,32)(H,30,31). The summed E-state index contributed by atoms with van der Waals surface area (Å²) in [5.74, 6) is -1.22.